The molecular formula is C10H15F5N2O. The van der Waals surface area contributed by atoms with Gasteiger partial charge in [0.15, 0.2) is 0 Å². The molecule has 1 aliphatic rings. The second kappa shape index (κ2) is 4.64. The quantitative estimate of drug-likeness (QED) is 0.797. The number of rotatable bonds is 3. The summed E-state index contributed by atoms with van der Waals surface area (Å²) in [5, 5.41) is 0. The van der Waals surface area contributed by atoms with Crippen LogP contribution < -0.4 is 5.73 Å². The molecule has 0 radical (unpaired) electrons. The Balaban J connectivity index is 2.74. The van der Waals surface area contributed by atoms with Crippen molar-refractivity contribution < 1.29 is 26.7 Å². The lowest BCUT2D eigenvalue weighted by Crippen LogP contribution is -2.56. The van der Waals surface area contributed by atoms with Gasteiger partial charge < -0.3 is 5.73 Å². The Morgan fingerprint density at radius 2 is 1.67 bits per heavy atom. The van der Waals surface area contributed by atoms with Crippen LogP contribution in [0.4, 0.5) is 22.0 Å². The number of alkyl halides is 5. The smallest absolute Gasteiger partial charge is 0.369 e. The van der Waals surface area contributed by atoms with Gasteiger partial charge >= 0.3 is 6.18 Å². The molecule has 0 aromatic carbocycles. The Morgan fingerprint density at radius 3 is 1.94 bits per heavy atom. The maximum atomic E-state index is 12.8. The van der Waals surface area contributed by atoms with Gasteiger partial charge in [-0.2, -0.15) is 13.2 Å². The highest BCUT2D eigenvalue weighted by molar-refractivity contribution is 5.82. The average Bonchev–Trinajstić information content (AvgIpc) is 2.13. The molecule has 0 atom stereocenters. The zero-order valence-corrected chi connectivity index (χ0v) is 9.86. The van der Waals surface area contributed by atoms with Gasteiger partial charge in [0.05, 0.1) is 6.54 Å². The summed E-state index contributed by atoms with van der Waals surface area (Å²) >= 11 is 0. The second-order valence-electron chi connectivity index (χ2n) is 4.79. The molecule has 1 fully saturated rings. The van der Waals surface area contributed by atoms with Crippen LogP contribution in [0.25, 0.3) is 0 Å². The monoisotopic (exact) mass is 274 g/mol. The third kappa shape index (κ3) is 3.09. The van der Waals surface area contributed by atoms with Gasteiger partial charge in [-0.05, 0) is 25.9 Å². The van der Waals surface area contributed by atoms with E-state index in [-0.39, 0.29) is 13.1 Å². The first-order valence-electron chi connectivity index (χ1n) is 5.45. The summed E-state index contributed by atoms with van der Waals surface area (Å²) < 4.78 is 64.0. The molecule has 0 aliphatic carbocycles. The molecule has 3 nitrogen and oxygen atoms in total. The van der Waals surface area contributed by atoms with E-state index in [4.69, 9.17) is 5.73 Å². The highest BCUT2D eigenvalue weighted by atomic mass is 19.4. The molecule has 0 unspecified atom stereocenters. The molecule has 0 saturated carbocycles. The largest absolute Gasteiger partial charge is 0.403 e. The van der Waals surface area contributed by atoms with Gasteiger partial charge in [-0.1, -0.05) is 0 Å². The number of carbonyl (C=O) groups is 1. The number of hydrogen-bond donors (Lipinski definition) is 1. The Bertz CT molecular complexity index is 315. The topological polar surface area (TPSA) is 46.3 Å². The van der Waals surface area contributed by atoms with E-state index in [2.05, 4.69) is 0 Å². The van der Waals surface area contributed by atoms with Crippen molar-refractivity contribution in [3.63, 3.8) is 0 Å². The SMILES string of the molecule is CC(F)(F)CN1CCC(C(N)=O)(C(F)(F)F)CC1. The number of primary amides is 1. The molecule has 18 heavy (non-hydrogen) atoms. The number of hydrogen-bond acceptors (Lipinski definition) is 2. The number of nitrogens with zero attached hydrogens (tertiary/aromatic N) is 1. The van der Waals surface area contributed by atoms with Crippen molar-refractivity contribution in [2.75, 3.05) is 19.6 Å². The number of carbonyl (C=O) groups excluding carboxylic acids is 1. The van der Waals surface area contributed by atoms with E-state index in [0.29, 0.717) is 6.92 Å². The lowest BCUT2D eigenvalue weighted by molar-refractivity contribution is -0.232. The maximum absolute atomic E-state index is 12.8. The van der Waals surface area contributed by atoms with Crippen molar-refractivity contribution in [3.05, 3.63) is 0 Å². The molecular weight excluding hydrogens is 259 g/mol. The highest BCUT2D eigenvalue weighted by Crippen LogP contribution is 2.46. The zero-order valence-electron chi connectivity index (χ0n) is 9.86. The predicted octanol–water partition coefficient (Wildman–Crippen LogP) is 1.77. The molecule has 1 heterocycles. The normalized spacial score (nSPS) is 21.9. The Labute approximate surface area is 101 Å². The van der Waals surface area contributed by atoms with Gasteiger partial charge in [-0.15, -0.1) is 0 Å². The third-order valence-corrected chi connectivity index (χ3v) is 3.23. The van der Waals surface area contributed by atoms with E-state index >= 15 is 0 Å². The second-order valence-corrected chi connectivity index (χ2v) is 4.79. The van der Waals surface area contributed by atoms with Crippen molar-refractivity contribution in [2.45, 2.75) is 31.9 Å². The van der Waals surface area contributed by atoms with Gasteiger partial charge in [0, 0.05) is 6.92 Å². The van der Waals surface area contributed by atoms with E-state index in [9.17, 15) is 26.7 Å². The van der Waals surface area contributed by atoms with Crippen molar-refractivity contribution in [2.24, 2.45) is 11.1 Å². The summed E-state index contributed by atoms with van der Waals surface area (Å²) in [5.74, 6) is -4.40. The van der Waals surface area contributed by atoms with Crippen LogP contribution in [0.1, 0.15) is 19.8 Å². The summed E-state index contributed by atoms with van der Waals surface area (Å²) in [6, 6.07) is 0. The summed E-state index contributed by atoms with van der Waals surface area (Å²) in [7, 11) is 0. The molecule has 0 aromatic rings. The highest BCUT2D eigenvalue weighted by Gasteiger charge is 2.60. The fourth-order valence-electron chi connectivity index (χ4n) is 2.16. The van der Waals surface area contributed by atoms with Gasteiger partial charge in [0.25, 0.3) is 5.92 Å². The van der Waals surface area contributed by atoms with E-state index in [1.54, 1.807) is 0 Å². The van der Waals surface area contributed by atoms with Crippen LogP contribution >= 0.6 is 0 Å². The van der Waals surface area contributed by atoms with Gasteiger partial charge in [0.2, 0.25) is 5.91 Å². The number of halogens is 5. The Morgan fingerprint density at radius 1 is 1.22 bits per heavy atom. The van der Waals surface area contributed by atoms with E-state index < -0.39 is 42.8 Å². The van der Waals surface area contributed by atoms with Crippen LogP contribution in [-0.2, 0) is 4.79 Å². The van der Waals surface area contributed by atoms with Crippen LogP contribution in [0, 0.1) is 5.41 Å². The van der Waals surface area contributed by atoms with Gasteiger partial charge in [-0.25, -0.2) is 8.78 Å². The first-order chi connectivity index (χ1) is 7.98. The third-order valence-electron chi connectivity index (χ3n) is 3.23. The van der Waals surface area contributed by atoms with E-state index in [1.165, 1.54) is 4.90 Å². The zero-order chi connectivity index (χ0) is 14.2. The standard InChI is InChI=1S/C10H15F5N2O/c1-8(11,12)6-17-4-2-9(3-5-17,7(16)18)10(13,14)15/h2-6H2,1H3,(H2,16,18). The lowest BCUT2D eigenvalue weighted by Gasteiger charge is -2.41. The maximum Gasteiger partial charge on any atom is 0.403 e. The van der Waals surface area contributed by atoms with Crippen LogP contribution in [-0.4, -0.2) is 42.5 Å². The fourth-order valence-corrected chi connectivity index (χ4v) is 2.16. The summed E-state index contributed by atoms with van der Waals surface area (Å²) in [6.45, 7) is -0.343. The van der Waals surface area contributed by atoms with Crippen molar-refractivity contribution >= 4 is 5.91 Å². The van der Waals surface area contributed by atoms with Crippen LogP contribution in [0.2, 0.25) is 0 Å². The molecule has 1 rings (SSSR count). The number of nitrogens with two attached hydrogens (primary N) is 1. The Kier molecular flexibility index (Phi) is 3.90. The van der Waals surface area contributed by atoms with E-state index in [1.807, 2.05) is 0 Å². The van der Waals surface area contributed by atoms with E-state index in [0.717, 1.165) is 0 Å². The first-order valence-corrected chi connectivity index (χ1v) is 5.45. The number of piperidine rings is 1. The summed E-state index contributed by atoms with van der Waals surface area (Å²) in [6.07, 6.45) is -5.87. The van der Waals surface area contributed by atoms with Crippen LogP contribution in [0.15, 0.2) is 0 Å². The van der Waals surface area contributed by atoms with Gasteiger partial charge in [-0.3, -0.25) is 9.69 Å². The number of amides is 1. The minimum absolute atomic E-state index is 0.216. The van der Waals surface area contributed by atoms with Crippen molar-refractivity contribution in [3.8, 4) is 0 Å². The number of likely N-dealkylation sites (tertiary alicyclic amines) is 1. The average molecular weight is 274 g/mol. The minimum atomic E-state index is -4.74. The van der Waals surface area contributed by atoms with Crippen LogP contribution in [0.5, 0.6) is 0 Å². The van der Waals surface area contributed by atoms with Crippen LogP contribution in [0.3, 0.4) is 0 Å². The molecule has 0 aromatic heterocycles. The molecule has 2 N–H and O–H groups in total. The molecule has 0 spiro atoms. The molecule has 106 valence electrons. The summed E-state index contributed by atoms with van der Waals surface area (Å²) in [5.41, 5.74) is 2.26. The molecule has 1 saturated heterocycles. The predicted molar refractivity (Wildman–Crippen MR) is 54.0 cm³/mol. The first kappa shape index (κ1) is 15.1. The van der Waals surface area contributed by atoms with Gasteiger partial charge in [0.1, 0.15) is 5.41 Å². The van der Waals surface area contributed by atoms with Crippen molar-refractivity contribution in [1.29, 1.82) is 0 Å². The molecule has 0 bridgehead atoms. The molecule has 8 heteroatoms. The minimum Gasteiger partial charge on any atom is -0.369 e. The van der Waals surface area contributed by atoms with Crippen molar-refractivity contribution in [1.82, 2.24) is 4.90 Å². The molecule has 1 aliphatic heterocycles. The Hall–Kier alpha value is -0.920. The molecule has 1 amide bonds. The summed E-state index contributed by atoms with van der Waals surface area (Å²) in [4.78, 5) is 12.3. The fraction of sp³-hybridized carbons (Fsp3) is 0.900. The lowest BCUT2D eigenvalue weighted by atomic mass is 9.77.